The highest BCUT2D eigenvalue weighted by Crippen LogP contribution is 2.31. The van der Waals surface area contributed by atoms with E-state index < -0.39 is 0 Å². The molecule has 0 saturated heterocycles. The number of benzene rings is 2. The van der Waals surface area contributed by atoms with E-state index in [0.717, 1.165) is 16.3 Å². The van der Waals surface area contributed by atoms with Gasteiger partial charge in [-0.05, 0) is 31.2 Å². The van der Waals surface area contributed by atoms with Crippen molar-refractivity contribution in [2.75, 3.05) is 26.6 Å². The number of nitrogens with zero attached hydrogens (tertiary/aromatic N) is 1. The fourth-order valence-electron chi connectivity index (χ4n) is 2.53. The van der Waals surface area contributed by atoms with Crippen LogP contribution in [-0.2, 0) is 0 Å². The number of methoxy groups -OCH3 is 3. The summed E-state index contributed by atoms with van der Waals surface area (Å²) in [7, 11) is 4.75. The molecule has 7 heteroatoms. The molecule has 0 atom stereocenters. The first-order valence-electron chi connectivity index (χ1n) is 8.20. The maximum Gasteiger partial charge on any atom is 0.267 e. The lowest BCUT2D eigenvalue weighted by atomic mass is 10.2. The Labute approximate surface area is 161 Å². The van der Waals surface area contributed by atoms with Gasteiger partial charge in [0.1, 0.15) is 27.1 Å². The predicted octanol–water partition coefficient (Wildman–Crippen LogP) is 4.40. The molecule has 0 radical (unpaired) electrons. The fraction of sp³-hybridized carbons (Fsp3) is 0.200. The highest BCUT2D eigenvalue weighted by molar-refractivity contribution is 7.17. The van der Waals surface area contributed by atoms with Crippen LogP contribution in [0.5, 0.6) is 17.2 Å². The second kappa shape index (κ2) is 8.09. The predicted molar refractivity (Wildman–Crippen MR) is 106 cm³/mol. The van der Waals surface area contributed by atoms with Gasteiger partial charge in [0.25, 0.3) is 5.91 Å². The Morgan fingerprint density at radius 3 is 2.07 bits per heavy atom. The van der Waals surface area contributed by atoms with Crippen LogP contribution in [0.1, 0.15) is 15.4 Å². The zero-order valence-electron chi connectivity index (χ0n) is 15.5. The van der Waals surface area contributed by atoms with Crippen LogP contribution in [-0.4, -0.2) is 32.2 Å². The maximum atomic E-state index is 12.7. The Hall–Kier alpha value is -3.06. The molecule has 1 heterocycles. The standard InChI is InChI=1S/C20H20N2O4S/c1-12-18(27-20(21-12)13-5-7-15(24-2)8-6-13)19(23)22-14-9-16(25-3)11-17(10-14)26-4/h5-11H,1-4H3,(H,22,23). The summed E-state index contributed by atoms with van der Waals surface area (Å²) in [4.78, 5) is 17.8. The van der Waals surface area contributed by atoms with Gasteiger partial charge in [0.15, 0.2) is 0 Å². The van der Waals surface area contributed by atoms with Crippen molar-refractivity contribution in [3.05, 3.63) is 53.0 Å². The first-order chi connectivity index (χ1) is 13.0. The number of ether oxygens (including phenoxy) is 3. The normalized spacial score (nSPS) is 10.4. The maximum absolute atomic E-state index is 12.7. The van der Waals surface area contributed by atoms with E-state index in [1.807, 2.05) is 31.2 Å². The van der Waals surface area contributed by atoms with Gasteiger partial charge in [-0.25, -0.2) is 4.98 Å². The van der Waals surface area contributed by atoms with Gasteiger partial charge < -0.3 is 19.5 Å². The molecule has 0 saturated carbocycles. The van der Waals surface area contributed by atoms with Crippen LogP contribution in [0.25, 0.3) is 10.6 Å². The van der Waals surface area contributed by atoms with Crippen molar-refractivity contribution in [1.82, 2.24) is 4.98 Å². The third-order valence-electron chi connectivity index (χ3n) is 3.95. The zero-order chi connectivity index (χ0) is 19.4. The molecule has 6 nitrogen and oxygen atoms in total. The lowest BCUT2D eigenvalue weighted by Crippen LogP contribution is -2.11. The van der Waals surface area contributed by atoms with E-state index in [0.29, 0.717) is 27.8 Å². The largest absolute Gasteiger partial charge is 0.497 e. The molecule has 0 spiro atoms. The molecule has 0 bridgehead atoms. The highest BCUT2D eigenvalue weighted by atomic mass is 32.1. The number of amides is 1. The van der Waals surface area contributed by atoms with Crippen LogP contribution >= 0.6 is 11.3 Å². The Kier molecular flexibility index (Phi) is 5.61. The minimum absolute atomic E-state index is 0.222. The molecule has 3 aromatic rings. The van der Waals surface area contributed by atoms with E-state index in [9.17, 15) is 4.79 Å². The summed E-state index contributed by atoms with van der Waals surface area (Å²) in [6.07, 6.45) is 0. The highest BCUT2D eigenvalue weighted by Gasteiger charge is 2.17. The summed E-state index contributed by atoms with van der Waals surface area (Å²) < 4.78 is 15.7. The topological polar surface area (TPSA) is 69.7 Å². The van der Waals surface area contributed by atoms with Crippen LogP contribution < -0.4 is 19.5 Å². The second-order valence-corrected chi connectivity index (χ2v) is 6.72. The number of anilines is 1. The van der Waals surface area contributed by atoms with Crippen molar-refractivity contribution >= 4 is 22.9 Å². The van der Waals surface area contributed by atoms with Crippen molar-refractivity contribution in [2.24, 2.45) is 0 Å². The van der Waals surface area contributed by atoms with Gasteiger partial charge in [-0.2, -0.15) is 0 Å². The summed E-state index contributed by atoms with van der Waals surface area (Å²) in [5, 5.41) is 3.66. The van der Waals surface area contributed by atoms with Crippen LogP contribution in [0.15, 0.2) is 42.5 Å². The average Bonchev–Trinajstić information content (AvgIpc) is 3.09. The summed E-state index contributed by atoms with van der Waals surface area (Å²) in [6.45, 7) is 1.82. The van der Waals surface area contributed by atoms with Crippen LogP contribution in [0.3, 0.4) is 0 Å². The SMILES string of the molecule is COc1ccc(-c2nc(C)c(C(=O)Nc3cc(OC)cc(OC)c3)s2)cc1. The Morgan fingerprint density at radius 2 is 1.52 bits per heavy atom. The third kappa shape index (κ3) is 4.20. The van der Waals surface area contributed by atoms with Gasteiger partial charge in [-0.3, -0.25) is 4.79 Å². The fourth-order valence-corrected chi connectivity index (χ4v) is 3.50. The molecule has 0 unspecified atom stereocenters. The van der Waals surface area contributed by atoms with E-state index in [2.05, 4.69) is 10.3 Å². The van der Waals surface area contributed by atoms with Crippen molar-refractivity contribution in [2.45, 2.75) is 6.92 Å². The molecule has 1 aromatic heterocycles. The minimum atomic E-state index is -0.222. The third-order valence-corrected chi connectivity index (χ3v) is 5.15. The lowest BCUT2D eigenvalue weighted by Gasteiger charge is -2.09. The summed E-state index contributed by atoms with van der Waals surface area (Å²) in [5.41, 5.74) is 2.21. The molecule has 0 aliphatic heterocycles. The average molecular weight is 384 g/mol. The molecule has 0 aliphatic carbocycles. The number of hydrogen-bond donors (Lipinski definition) is 1. The molecule has 2 aromatic carbocycles. The Bertz CT molecular complexity index is 929. The molecule has 0 aliphatic rings. The van der Waals surface area contributed by atoms with E-state index in [4.69, 9.17) is 14.2 Å². The molecule has 140 valence electrons. The van der Waals surface area contributed by atoms with Crippen LogP contribution in [0, 0.1) is 6.92 Å². The Morgan fingerprint density at radius 1 is 0.926 bits per heavy atom. The van der Waals surface area contributed by atoms with Crippen molar-refractivity contribution in [1.29, 1.82) is 0 Å². The summed E-state index contributed by atoms with van der Waals surface area (Å²) >= 11 is 1.35. The Balaban J connectivity index is 1.84. The molecule has 0 fully saturated rings. The van der Waals surface area contributed by atoms with Crippen molar-refractivity contribution in [3.8, 4) is 27.8 Å². The number of thiazole rings is 1. The first kappa shape index (κ1) is 18.7. The van der Waals surface area contributed by atoms with Gasteiger partial charge in [0, 0.05) is 29.4 Å². The quantitative estimate of drug-likeness (QED) is 0.682. The van der Waals surface area contributed by atoms with Gasteiger partial charge in [-0.15, -0.1) is 11.3 Å². The molecule has 27 heavy (non-hydrogen) atoms. The van der Waals surface area contributed by atoms with Crippen molar-refractivity contribution in [3.63, 3.8) is 0 Å². The number of carbonyl (C=O) groups excluding carboxylic acids is 1. The first-order valence-corrected chi connectivity index (χ1v) is 9.02. The zero-order valence-corrected chi connectivity index (χ0v) is 16.3. The molecule has 1 amide bonds. The molecule has 3 rings (SSSR count). The summed E-state index contributed by atoms with van der Waals surface area (Å²) in [5.74, 6) is 1.76. The number of hydrogen-bond acceptors (Lipinski definition) is 6. The minimum Gasteiger partial charge on any atom is -0.497 e. The lowest BCUT2D eigenvalue weighted by molar-refractivity contribution is 0.103. The monoisotopic (exact) mass is 384 g/mol. The van der Waals surface area contributed by atoms with E-state index >= 15 is 0 Å². The smallest absolute Gasteiger partial charge is 0.267 e. The second-order valence-electron chi connectivity index (χ2n) is 5.72. The molecular weight excluding hydrogens is 364 g/mol. The van der Waals surface area contributed by atoms with E-state index in [-0.39, 0.29) is 5.91 Å². The molecule has 1 N–H and O–H groups in total. The van der Waals surface area contributed by atoms with Crippen LogP contribution in [0.4, 0.5) is 5.69 Å². The van der Waals surface area contributed by atoms with Crippen LogP contribution in [0.2, 0.25) is 0 Å². The van der Waals surface area contributed by atoms with E-state index in [1.54, 1.807) is 39.5 Å². The number of nitrogens with one attached hydrogen (secondary N) is 1. The van der Waals surface area contributed by atoms with Gasteiger partial charge in [0.2, 0.25) is 0 Å². The number of aromatic nitrogens is 1. The summed E-state index contributed by atoms with van der Waals surface area (Å²) in [6, 6.07) is 12.8. The number of rotatable bonds is 6. The van der Waals surface area contributed by atoms with Gasteiger partial charge >= 0.3 is 0 Å². The number of carbonyl (C=O) groups is 1. The van der Waals surface area contributed by atoms with E-state index in [1.165, 1.54) is 11.3 Å². The van der Waals surface area contributed by atoms with Gasteiger partial charge in [0.05, 0.1) is 27.0 Å². The van der Waals surface area contributed by atoms with Crippen molar-refractivity contribution < 1.29 is 19.0 Å². The molecular formula is C20H20N2O4S. The number of aryl methyl sites for hydroxylation is 1. The van der Waals surface area contributed by atoms with Gasteiger partial charge in [-0.1, -0.05) is 0 Å².